The van der Waals surface area contributed by atoms with Crippen LogP contribution < -0.4 is 0 Å². The van der Waals surface area contributed by atoms with Crippen LogP contribution in [0.1, 0.15) is 47.6 Å². The average Bonchev–Trinajstić information content (AvgIpc) is 3.24. The normalized spacial score (nSPS) is 15.0. The number of tetrazole rings is 1. The molecule has 0 radical (unpaired) electrons. The number of aromatic nitrogens is 8. The van der Waals surface area contributed by atoms with Crippen LogP contribution in [-0.2, 0) is 0 Å². The summed E-state index contributed by atoms with van der Waals surface area (Å²) in [5.41, 5.74) is 2.07. The fourth-order valence-corrected chi connectivity index (χ4v) is 3.23. The molecule has 27 heavy (non-hydrogen) atoms. The second-order valence-corrected chi connectivity index (χ2v) is 6.76. The summed E-state index contributed by atoms with van der Waals surface area (Å²) in [6.45, 7) is 2.03. The topological polar surface area (TPSA) is 87.2 Å². The fourth-order valence-electron chi connectivity index (χ4n) is 3.23. The maximum atomic E-state index is 4.92. The van der Waals surface area contributed by atoms with Crippen LogP contribution in [0.5, 0.6) is 0 Å². The van der Waals surface area contributed by atoms with E-state index in [0.29, 0.717) is 5.92 Å². The van der Waals surface area contributed by atoms with Gasteiger partial charge in [0, 0.05) is 12.1 Å². The zero-order chi connectivity index (χ0) is 18.2. The van der Waals surface area contributed by atoms with Crippen LogP contribution in [0, 0.1) is 6.92 Å². The standard InChI is InChI=1S/C19H18N8/c1-13-6-5-11-20-18(13)27-19(22-17(23-27)15-9-10-15)16(26-12-21-24-25-26)14-7-3-2-4-8-14/h2-8,11-12,15-16H,9-10H2,1H3/t16-/m0/s1. The molecule has 1 aromatic carbocycles. The highest BCUT2D eigenvalue weighted by atomic mass is 15.5. The molecule has 134 valence electrons. The number of pyridine rings is 1. The molecule has 1 atom stereocenters. The van der Waals surface area contributed by atoms with Gasteiger partial charge in [0.25, 0.3) is 0 Å². The van der Waals surface area contributed by atoms with Crippen LogP contribution in [0.4, 0.5) is 0 Å². The first kappa shape index (κ1) is 15.8. The molecule has 8 nitrogen and oxygen atoms in total. The zero-order valence-corrected chi connectivity index (χ0v) is 14.8. The minimum atomic E-state index is -0.289. The van der Waals surface area contributed by atoms with Crippen LogP contribution in [0.2, 0.25) is 0 Å². The Kier molecular flexibility index (Phi) is 3.74. The molecule has 8 heteroatoms. The van der Waals surface area contributed by atoms with E-state index >= 15 is 0 Å². The second kappa shape index (κ2) is 6.39. The lowest BCUT2D eigenvalue weighted by atomic mass is 10.1. The summed E-state index contributed by atoms with van der Waals surface area (Å²) in [5, 5.41) is 16.6. The molecule has 5 rings (SSSR count). The third-order valence-corrected chi connectivity index (χ3v) is 4.76. The quantitative estimate of drug-likeness (QED) is 0.545. The van der Waals surface area contributed by atoms with E-state index in [-0.39, 0.29) is 6.04 Å². The van der Waals surface area contributed by atoms with E-state index in [4.69, 9.17) is 10.1 Å². The van der Waals surface area contributed by atoms with Gasteiger partial charge in [-0.15, -0.1) is 10.2 Å². The lowest BCUT2D eigenvalue weighted by molar-refractivity contribution is 0.531. The summed E-state index contributed by atoms with van der Waals surface area (Å²) in [6.07, 6.45) is 5.65. The largest absolute Gasteiger partial charge is 0.237 e. The van der Waals surface area contributed by atoms with Gasteiger partial charge in [-0.3, -0.25) is 0 Å². The van der Waals surface area contributed by atoms with Gasteiger partial charge in [0.05, 0.1) is 0 Å². The molecule has 0 spiro atoms. The first-order valence-electron chi connectivity index (χ1n) is 8.97. The summed E-state index contributed by atoms with van der Waals surface area (Å²) in [7, 11) is 0. The number of rotatable bonds is 5. The van der Waals surface area contributed by atoms with Crippen molar-refractivity contribution in [1.82, 2.24) is 40.0 Å². The van der Waals surface area contributed by atoms with Crippen molar-refractivity contribution in [2.24, 2.45) is 0 Å². The van der Waals surface area contributed by atoms with Crippen LogP contribution in [-0.4, -0.2) is 40.0 Å². The van der Waals surface area contributed by atoms with E-state index in [2.05, 4.69) is 20.5 Å². The monoisotopic (exact) mass is 358 g/mol. The predicted molar refractivity (Wildman–Crippen MR) is 97.4 cm³/mol. The predicted octanol–water partition coefficient (Wildman–Crippen LogP) is 2.47. The molecule has 1 aliphatic carbocycles. The molecule has 0 aliphatic heterocycles. The van der Waals surface area contributed by atoms with Crippen LogP contribution in [0.3, 0.4) is 0 Å². The summed E-state index contributed by atoms with van der Waals surface area (Å²) >= 11 is 0. The number of aryl methyl sites for hydroxylation is 1. The Hall–Kier alpha value is -3.42. The van der Waals surface area contributed by atoms with Crippen molar-refractivity contribution in [3.8, 4) is 5.82 Å². The number of hydrogen-bond acceptors (Lipinski definition) is 6. The molecule has 3 heterocycles. The summed E-state index contributed by atoms with van der Waals surface area (Å²) < 4.78 is 3.56. The Labute approximate surface area is 155 Å². The molecule has 4 aromatic rings. The third-order valence-electron chi connectivity index (χ3n) is 4.76. The maximum Gasteiger partial charge on any atom is 0.163 e. The SMILES string of the molecule is Cc1cccnc1-n1nc(C2CC2)nc1[C@H](c1ccccc1)n1cnnn1. The lowest BCUT2D eigenvalue weighted by Gasteiger charge is -2.17. The molecule has 1 fully saturated rings. The number of benzene rings is 1. The summed E-state index contributed by atoms with van der Waals surface area (Å²) in [6, 6.07) is 13.8. The van der Waals surface area contributed by atoms with E-state index in [1.807, 2.05) is 54.1 Å². The highest BCUT2D eigenvalue weighted by Gasteiger charge is 2.33. The molecular weight excluding hydrogens is 340 g/mol. The zero-order valence-electron chi connectivity index (χ0n) is 14.8. The van der Waals surface area contributed by atoms with Gasteiger partial charge in [-0.25, -0.2) is 14.6 Å². The van der Waals surface area contributed by atoms with Gasteiger partial charge < -0.3 is 0 Å². The molecule has 1 aliphatic rings. The molecule has 0 bridgehead atoms. The molecule has 3 aromatic heterocycles. The van der Waals surface area contributed by atoms with Gasteiger partial charge >= 0.3 is 0 Å². The Morgan fingerprint density at radius 2 is 1.93 bits per heavy atom. The first-order valence-corrected chi connectivity index (χ1v) is 8.97. The lowest BCUT2D eigenvalue weighted by Crippen LogP contribution is -2.19. The van der Waals surface area contributed by atoms with Crippen molar-refractivity contribution in [3.05, 3.63) is 77.8 Å². The van der Waals surface area contributed by atoms with Crippen LogP contribution in [0.25, 0.3) is 5.82 Å². The van der Waals surface area contributed by atoms with Gasteiger partial charge in [0.15, 0.2) is 17.5 Å². The molecule has 1 saturated carbocycles. The maximum absolute atomic E-state index is 4.92. The Morgan fingerprint density at radius 1 is 1.07 bits per heavy atom. The summed E-state index contributed by atoms with van der Waals surface area (Å²) in [5.74, 6) is 2.83. The highest BCUT2D eigenvalue weighted by molar-refractivity contribution is 5.35. The number of hydrogen-bond donors (Lipinski definition) is 0. The van der Waals surface area contributed by atoms with Gasteiger partial charge in [0.1, 0.15) is 12.4 Å². The fraction of sp³-hybridized carbons (Fsp3) is 0.263. The first-order chi connectivity index (χ1) is 13.3. The Balaban J connectivity index is 1.73. The number of nitrogens with zero attached hydrogens (tertiary/aromatic N) is 8. The van der Waals surface area contributed by atoms with E-state index in [1.165, 1.54) is 0 Å². The van der Waals surface area contributed by atoms with Crippen molar-refractivity contribution in [1.29, 1.82) is 0 Å². The Morgan fingerprint density at radius 3 is 2.63 bits per heavy atom. The van der Waals surface area contributed by atoms with Gasteiger partial charge in [0.2, 0.25) is 0 Å². The van der Waals surface area contributed by atoms with E-state index in [0.717, 1.165) is 41.4 Å². The minimum absolute atomic E-state index is 0.289. The molecule has 0 saturated heterocycles. The highest BCUT2D eigenvalue weighted by Crippen LogP contribution is 2.39. The molecule has 0 unspecified atom stereocenters. The van der Waals surface area contributed by atoms with Gasteiger partial charge in [-0.2, -0.15) is 4.68 Å². The smallest absolute Gasteiger partial charge is 0.163 e. The van der Waals surface area contributed by atoms with Gasteiger partial charge in [-0.05, 0) is 47.4 Å². The van der Waals surface area contributed by atoms with Crippen molar-refractivity contribution in [3.63, 3.8) is 0 Å². The van der Waals surface area contributed by atoms with Crippen molar-refractivity contribution < 1.29 is 0 Å². The molecule has 0 amide bonds. The van der Waals surface area contributed by atoms with Crippen LogP contribution >= 0.6 is 0 Å². The average molecular weight is 358 g/mol. The van der Waals surface area contributed by atoms with Crippen molar-refractivity contribution >= 4 is 0 Å². The second-order valence-electron chi connectivity index (χ2n) is 6.76. The van der Waals surface area contributed by atoms with E-state index in [9.17, 15) is 0 Å². The summed E-state index contributed by atoms with van der Waals surface area (Å²) in [4.78, 5) is 9.48. The van der Waals surface area contributed by atoms with Gasteiger partial charge in [-0.1, -0.05) is 36.4 Å². The third kappa shape index (κ3) is 2.88. The Bertz CT molecular complexity index is 1050. The van der Waals surface area contributed by atoms with E-state index in [1.54, 1.807) is 17.2 Å². The molecule has 0 N–H and O–H groups in total. The minimum Gasteiger partial charge on any atom is -0.237 e. The molecular formula is C19H18N8. The van der Waals surface area contributed by atoms with Crippen LogP contribution in [0.15, 0.2) is 55.0 Å². The van der Waals surface area contributed by atoms with E-state index < -0.39 is 0 Å². The van der Waals surface area contributed by atoms with Crippen molar-refractivity contribution in [2.75, 3.05) is 0 Å². The van der Waals surface area contributed by atoms with Crippen molar-refractivity contribution in [2.45, 2.75) is 31.7 Å².